The molecule has 0 atom stereocenters. The van der Waals surface area contributed by atoms with Crippen molar-refractivity contribution in [2.75, 3.05) is 13.7 Å². The third-order valence-corrected chi connectivity index (χ3v) is 4.10. The predicted molar refractivity (Wildman–Crippen MR) is 108 cm³/mol. The summed E-state index contributed by atoms with van der Waals surface area (Å²) < 4.78 is 11.4. The second kappa shape index (κ2) is 10.7. The summed E-state index contributed by atoms with van der Waals surface area (Å²) in [6.45, 7) is 4.78. The van der Waals surface area contributed by atoms with Crippen molar-refractivity contribution in [2.24, 2.45) is 5.92 Å². The second-order valence-electron chi connectivity index (χ2n) is 5.46. The first-order chi connectivity index (χ1) is 12.8. The Labute approximate surface area is 162 Å². The van der Waals surface area contributed by atoms with Crippen LogP contribution in [0.3, 0.4) is 0 Å². The van der Waals surface area contributed by atoms with Crippen molar-refractivity contribution in [3.05, 3.63) is 53.4 Å². The summed E-state index contributed by atoms with van der Waals surface area (Å²) in [5.41, 5.74) is 1.75. The Balaban J connectivity index is 0.000000206. The third kappa shape index (κ3) is 6.26. The van der Waals surface area contributed by atoms with Gasteiger partial charge in [0.15, 0.2) is 0 Å². The number of aromatic nitrogens is 3. The van der Waals surface area contributed by atoms with Crippen molar-refractivity contribution in [3.8, 4) is 11.6 Å². The van der Waals surface area contributed by atoms with E-state index in [0.29, 0.717) is 5.88 Å². The zero-order valence-electron chi connectivity index (χ0n) is 15.4. The molecule has 4 rings (SSSR count). The fraction of sp³-hybridized carbons (Fsp3) is 0.350. The van der Waals surface area contributed by atoms with E-state index in [1.807, 2.05) is 44.2 Å². The van der Waals surface area contributed by atoms with Crippen molar-refractivity contribution in [1.29, 1.82) is 0 Å². The van der Waals surface area contributed by atoms with E-state index < -0.39 is 0 Å². The van der Waals surface area contributed by atoms with Crippen LogP contribution in [-0.2, 0) is 0 Å². The molecule has 0 amide bonds. The largest absolute Gasteiger partial charge is 0.495 e. The fourth-order valence-corrected chi connectivity index (χ4v) is 2.43. The van der Waals surface area contributed by atoms with E-state index in [1.165, 1.54) is 12.8 Å². The first-order valence-corrected chi connectivity index (χ1v) is 9.53. The molecule has 0 radical (unpaired) electrons. The topological polar surface area (TPSA) is 57.1 Å². The predicted octanol–water partition coefficient (Wildman–Crippen LogP) is 5.30. The second-order valence-corrected chi connectivity index (χ2v) is 6.32. The van der Waals surface area contributed by atoms with E-state index in [2.05, 4.69) is 30.9 Å². The first kappa shape index (κ1) is 20.1. The number of nitrogens with zero attached hydrogens (tertiary/aromatic N) is 3. The smallest absolute Gasteiger partial charge is 0.228 e. The quantitative estimate of drug-likeness (QED) is 0.576. The molecule has 3 aromatic rings. The van der Waals surface area contributed by atoms with E-state index in [1.54, 1.807) is 25.7 Å². The highest BCUT2D eigenvalue weighted by atomic mass is 79.9. The number of halogens is 1. The van der Waals surface area contributed by atoms with E-state index in [4.69, 9.17) is 9.47 Å². The molecule has 26 heavy (non-hydrogen) atoms. The Morgan fingerprint density at radius 3 is 2.50 bits per heavy atom. The molecular formula is C20H24BrN3O2. The van der Waals surface area contributed by atoms with Gasteiger partial charge in [0.05, 0.1) is 35.4 Å². The van der Waals surface area contributed by atoms with Crippen molar-refractivity contribution in [2.45, 2.75) is 26.7 Å². The van der Waals surface area contributed by atoms with Crippen LogP contribution in [0.25, 0.3) is 11.0 Å². The average Bonchev–Trinajstić information content (AvgIpc) is 3.53. The summed E-state index contributed by atoms with van der Waals surface area (Å²) in [5.74, 6) is 2.21. The molecule has 1 fully saturated rings. The van der Waals surface area contributed by atoms with Crippen LogP contribution in [0.4, 0.5) is 0 Å². The van der Waals surface area contributed by atoms with Crippen molar-refractivity contribution < 1.29 is 9.47 Å². The van der Waals surface area contributed by atoms with Crippen LogP contribution in [-0.4, -0.2) is 28.7 Å². The molecular weight excluding hydrogens is 394 g/mol. The Kier molecular flexibility index (Phi) is 8.28. The van der Waals surface area contributed by atoms with Gasteiger partial charge in [-0.05, 0) is 65.0 Å². The van der Waals surface area contributed by atoms with Gasteiger partial charge in [-0.2, -0.15) is 0 Å². The number of hydrogen-bond donors (Lipinski definition) is 0. The Morgan fingerprint density at radius 1 is 1.12 bits per heavy atom. The zero-order chi connectivity index (χ0) is 18.8. The van der Waals surface area contributed by atoms with E-state index in [9.17, 15) is 0 Å². The van der Waals surface area contributed by atoms with Gasteiger partial charge >= 0.3 is 0 Å². The van der Waals surface area contributed by atoms with E-state index in [0.717, 1.165) is 33.8 Å². The molecule has 6 heteroatoms. The summed E-state index contributed by atoms with van der Waals surface area (Å²) in [7, 11) is 1.62. The molecule has 3 aromatic heterocycles. The first-order valence-electron chi connectivity index (χ1n) is 8.74. The Morgan fingerprint density at radius 2 is 1.88 bits per heavy atom. The normalized spacial score (nSPS) is 12.3. The highest BCUT2D eigenvalue weighted by Gasteiger charge is 2.22. The summed E-state index contributed by atoms with van der Waals surface area (Å²) >= 11 is 3.46. The van der Waals surface area contributed by atoms with Gasteiger partial charge in [0.25, 0.3) is 0 Å². The molecule has 0 unspecified atom stereocenters. The summed E-state index contributed by atoms with van der Waals surface area (Å²) in [5, 5.41) is 0. The number of fused-ring (bicyclic) bond motifs is 1. The Hall–Kier alpha value is -2.21. The average molecular weight is 418 g/mol. The number of rotatable bonds is 4. The van der Waals surface area contributed by atoms with Gasteiger partial charge in [0.2, 0.25) is 5.88 Å². The standard InChI is InChI=1S/C12H11BrN2O.C6H7NO.C2H6/c13-9-6-11-10(2-1-5-14-11)15-12(9)16-7-8-3-4-8;1-8-6-3-2-4-7-5-6;1-2/h1-2,5-6,8H,3-4,7H2;2-5H,1H3;1-2H3. The van der Waals surface area contributed by atoms with Crippen LogP contribution in [0.2, 0.25) is 0 Å². The molecule has 3 heterocycles. The lowest BCUT2D eigenvalue weighted by Gasteiger charge is -2.07. The highest BCUT2D eigenvalue weighted by Crippen LogP contribution is 2.31. The van der Waals surface area contributed by atoms with Crippen LogP contribution in [0, 0.1) is 5.92 Å². The molecule has 1 aliphatic rings. The van der Waals surface area contributed by atoms with E-state index >= 15 is 0 Å². The minimum absolute atomic E-state index is 0.674. The molecule has 1 saturated carbocycles. The molecule has 0 aliphatic heterocycles. The van der Waals surface area contributed by atoms with Gasteiger partial charge in [-0.15, -0.1) is 0 Å². The Bertz CT molecular complexity index is 795. The molecule has 0 bridgehead atoms. The highest BCUT2D eigenvalue weighted by molar-refractivity contribution is 9.10. The molecule has 0 aromatic carbocycles. The molecule has 5 nitrogen and oxygen atoms in total. The van der Waals surface area contributed by atoms with Gasteiger partial charge in [-0.25, -0.2) is 4.98 Å². The lowest BCUT2D eigenvalue weighted by Crippen LogP contribution is -2.01. The van der Waals surface area contributed by atoms with Crippen LogP contribution < -0.4 is 9.47 Å². The monoisotopic (exact) mass is 417 g/mol. The van der Waals surface area contributed by atoms with E-state index in [-0.39, 0.29) is 0 Å². The maximum absolute atomic E-state index is 5.68. The van der Waals surface area contributed by atoms with Gasteiger partial charge in [-0.3, -0.25) is 9.97 Å². The minimum Gasteiger partial charge on any atom is -0.495 e. The van der Waals surface area contributed by atoms with Gasteiger partial charge < -0.3 is 9.47 Å². The van der Waals surface area contributed by atoms with Crippen LogP contribution in [0.5, 0.6) is 11.6 Å². The molecule has 0 spiro atoms. The lowest BCUT2D eigenvalue weighted by molar-refractivity contribution is 0.287. The fourth-order valence-electron chi connectivity index (χ4n) is 2.01. The van der Waals surface area contributed by atoms with Crippen LogP contribution >= 0.6 is 15.9 Å². The minimum atomic E-state index is 0.674. The SMILES string of the molecule is Brc1cc2ncccc2nc1OCC1CC1.CC.COc1cccnc1. The molecule has 138 valence electrons. The number of ether oxygens (including phenoxy) is 2. The number of pyridine rings is 3. The summed E-state index contributed by atoms with van der Waals surface area (Å²) in [4.78, 5) is 12.5. The molecule has 0 saturated heterocycles. The van der Waals surface area contributed by atoms with Crippen LogP contribution in [0.15, 0.2) is 53.4 Å². The molecule has 0 N–H and O–H groups in total. The molecule has 1 aliphatic carbocycles. The van der Waals surface area contributed by atoms with Crippen molar-refractivity contribution in [3.63, 3.8) is 0 Å². The number of methoxy groups -OCH3 is 1. The van der Waals surface area contributed by atoms with Crippen molar-refractivity contribution in [1.82, 2.24) is 15.0 Å². The lowest BCUT2D eigenvalue weighted by atomic mass is 10.3. The summed E-state index contributed by atoms with van der Waals surface area (Å²) in [6.07, 6.45) is 7.71. The zero-order valence-corrected chi connectivity index (χ0v) is 16.9. The maximum Gasteiger partial charge on any atom is 0.228 e. The van der Waals surface area contributed by atoms with Gasteiger partial charge in [-0.1, -0.05) is 13.8 Å². The van der Waals surface area contributed by atoms with Gasteiger partial charge in [0.1, 0.15) is 5.75 Å². The number of hydrogen-bond acceptors (Lipinski definition) is 5. The third-order valence-electron chi connectivity index (χ3n) is 3.53. The maximum atomic E-state index is 5.68. The van der Waals surface area contributed by atoms with Gasteiger partial charge in [0, 0.05) is 12.4 Å². The van der Waals surface area contributed by atoms with Crippen LogP contribution in [0.1, 0.15) is 26.7 Å². The van der Waals surface area contributed by atoms with Crippen molar-refractivity contribution >= 4 is 27.0 Å². The summed E-state index contributed by atoms with van der Waals surface area (Å²) in [6, 6.07) is 9.46.